The highest BCUT2D eigenvalue weighted by Crippen LogP contribution is 2.18. The number of halogens is 3. The average molecular weight is 277 g/mol. The van der Waals surface area contributed by atoms with E-state index in [0.29, 0.717) is 17.9 Å². The molecule has 1 rings (SSSR count). The second kappa shape index (κ2) is 6.98. The van der Waals surface area contributed by atoms with Crippen molar-refractivity contribution in [2.45, 2.75) is 19.7 Å². The summed E-state index contributed by atoms with van der Waals surface area (Å²) in [5, 5.41) is 2.25. The van der Waals surface area contributed by atoms with Crippen LogP contribution in [0.3, 0.4) is 0 Å². The summed E-state index contributed by atoms with van der Waals surface area (Å²) in [6, 6.07) is 6.65. The van der Waals surface area contributed by atoms with Gasteiger partial charge in [-0.1, -0.05) is 18.2 Å². The topological polar surface area (TPSA) is 47.6 Å². The Balaban J connectivity index is 2.58. The van der Waals surface area contributed by atoms with Gasteiger partial charge >= 0.3 is 12.3 Å². The van der Waals surface area contributed by atoms with Gasteiger partial charge in [0.1, 0.15) is 0 Å². The first-order valence-electron chi connectivity index (χ1n) is 5.58. The van der Waals surface area contributed by atoms with Crippen molar-refractivity contribution in [3.8, 4) is 0 Å². The Kier molecular flexibility index (Phi) is 5.62. The maximum Gasteiger partial charge on any atom is 0.422 e. The number of nitrogens with one attached hydrogen (secondary N) is 1. The molecule has 0 atom stereocenters. The van der Waals surface area contributed by atoms with Gasteiger partial charge in [-0.25, -0.2) is 4.79 Å². The van der Waals surface area contributed by atoms with E-state index in [2.05, 4.69) is 10.1 Å². The zero-order valence-electron chi connectivity index (χ0n) is 10.3. The molecule has 1 amide bonds. The number of benzene rings is 1. The second-order valence-corrected chi connectivity index (χ2v) is 3.61. The van der Waals surface area contributed by atoms with E-state index in [-0.39, 0.29) is 6.61 Å². The number of anilines is 1. The van der Waals surface area contributed by atoms with E-state index in [4.69, 9.17) is 4.74 Å². The number of carbonyl (C=O) groups excluding carboxylic acids is 1. The molecule has 0 radical (unpaired) electrons. The summed E-state index contributed by atoms with van der Waals surface area (Å²) in [7, 11) is 0. The number of alkyl halides is 3. The van der Waals surface area contributed by atoms with Crippen molar-refractivity contribution in [2.24, 2.45) is 0 Å². The van der Waals surface area contributed by atoms with Crippen LogP contribution < -0.4 is 5.32 Å². The number of amides is 1. The van der Waals surface area contributed by atoms with Crippen LogP contribution in [0.25, 0.3) is 0 Å². The number of ether oxygens (including phenoxy) is 2. The average Bonchev–Trinajstić information content (AvgIpc) is 2.34. The van der Waals surface area contributed by atoms with Crippen LogP contribution in [0.4, 0.5) is 23.7 Å². The van der Waals surface area contributed by atoms with E-state index < -0.39 is 18.9 Å². The molecular formula is C12H14F3NO3. The molecule has 0 aliphatic rings. The lowest BCUT2D eigenvalue weighted by atomic mass is 10.2. The molecule has 0 aromatic heterocycles. The first-order valence-corrected chi connectivity index (χ1v) is 5.58. The van der Waals surface area contributed by atoms with E-state index >= 15 is 0 Å². The molecule has 0 saturated heterocycles. The summed E-state index contributed by atoms with van der Waals surface area (Å²) < 4.78 is 44.9. The molecule has 0 aliphatic heterocycles. The largest absolute Gasteiger partial charge is 0.440 e. The van der Waals surface area contributed by atoms with Crippen molar-refractivity contribution >= 4 is 11.8 Å². The Labute approximate surface area is 108 Å². The van der Waals surface area contributed by atoms with Crippen LogP contribution in [0.2, 0.25) is 0 Å². The van der Waals surface area contributed by atoms with Gasteiger partial charge in [0.15, 0.2) is 6.61 Å². The van der Waals surface area contributed by atoms with Crippen molar-refractivity contribution < 1.29 is 27.4 Å². The van der Waals surface area contributed by atoms with Gasteiger partial charge in [-0.05, 0) is 13.0 Å². The summed E-state index contributed by atoms with van der Waals surface area (Å²) in [6.07, 6.45) is -5.69. The summed E-state index contributed by atoms with van der Waals surface area (Å²) in [4.78, 5) is 11.2. The summed E-state index contributed by atoms with van der Waals surface area (Å²) in [5.41, 5.74) is 1.02. The fraction of sp³-hybridized carbons (Fsp3) is 0.417. The van der Waals surface area contributed by atoms with Crippen molar-refractivity contribution in [1.29, 1.82) is 0 Å². The van der Waals surface area contributed by atoms with E-state index in [9.17, 15) is 18.0 Å². The van der Waals surface area contributed by atoms with E-state index in [1.165, 1.54) is 0 Å². The Bertz CT molecular complexity index is 421. The van der Waals surface area contributed by atoms with Crippen LogP contribution in [-0.2, 0) is 16.1 Å². The number of hydrogen-bond donors (Lipinski definition) is 1. The van der Waals surface area contributed by atoms with Gasteiger partial charge in [0.25, 0.3) is 0 Å². The van der Waals surface area contributed by atoms with Crippen molar-refractivity contribution in [1.82, 2.24) is 0 Å². The molecule has 1 N–H and O–H groups in total. The monoisotopic (exact) mass is 277 g/mol. The molecule has 0 aliphatic carbocycles. The van der Waals surface area contributed by atoms with Crippen LogP contribution >= 0.6 is 0 Å². The SMILES string of the molecule is CCOCc1ccccc1NC(=O)OCC(F)(F)F. The molecule has 7 heteroatoms. The number of rotatable bonds is 5. The molecular weight excluding hydrogens is 263 g/mol. The smallest absolute Gasteiger partial charge is 0.422 e. The van der Waals surface area contributed by atoms with E-state index in [1.807, 2.05) is 6.92 Å². The van der Waals surface area contributed by atoms with Crippen LogP contribution in [0.5, 0.6) is 0 Å². The molecule has 1 aromatic rings. The minimum absolute atomic E-state index is 0.256. The highest BCUT2D eigenvalue weighted by molar-refractivity contribution is 5.85. The van der Waals surface area contributed by atoms with Crippen molar-refractivity contribution in [3.05, 3.63) is 29.8 Å². The van der Waals surface area contributed by atoms with Crippen molar-refractivity contribution in [2.75, 3.05) is 18.5 Å². The van der Waals surface area contributed by atoms with E-state index in [1.54, 1.807) is 24.3 Å². The predicted molar refractivity (Wildman–Crippen MR) is 62.8 cm³/mol. The number of carbonyl (C=O) groups is 1. The molecule has 4 nitrogen and oxygen atoms in total. The summed E-state index contributed by atoms with van der Waals surface area (Å²) in [6.45, 7) is 0.944. The van der Waals surface area contributed by atoms with Crippen LogP contribution in [0.15, 0.2) is 24.3 Å². The van der Waals surface area contributed by atoms with Crippen LogP contribution in [-0.4, -0.2) is 25.5 Å². The van der Waals surface area contributed by atoms with Gasteiger partial charge in [0, 0.05) is 17.9 Å². The first kappa shape index (κ1) is 15.3. The lowest BCUT2D eigenvalue weighted by Crippen LogP contribution is -2.23. The molecule has 106 valence electrons. The lowest BCUT2D eigenvalue weighted by molar-refractivity contribution is -0.159. The minimum Gasteiger partial charge on any atom is -0.440 e. The van der Waals surface area contributed by atoms with Gasteiger partial charge in [-0.2, -0.15) is 13.2 Å². The standard InChI is InChI=1S/C12H14F3NO3/c1-2-18-7-9-5-3-4-6-10(9)16-11(17)19-8-12(13,14)15/h3-6H,2,7-8H2,1H3,(H,16,17). The van der Waals surface area contributed by atoms with Gasteiger partial charge in [0.2, 0.25) is 0 Å². The normalized spacial score (nSPS) is 11.2. The van der Waals surface area contributed by atoms with Crippen LogP contribution in [0.1, 0.15) is 12.5 Å². The van der Waals surface area contributed by atoms with Gasteiger partial charge in [0.05, 0.1) is 6.61 Å². The van der Waals surface area contributed by atoms with Gasteiger partial charge in [-0.15, -0.1) is 0 Å². The lowest BCUT2D eigenvalue weighted by Gasteiger charge is -2.12. The molecule has 0 spiro atoms. The Hall–Kier alpha value is -1.76. The third-order valence-corrected chi connectivity index (χ3v) is 2.08. The Morgan fingerprint density at radius 1 is 1.32 bits per heavy atom. The third-order valence-electron chi connectivity index (χ3n) is 2.08. The molecule has 19 heavy (non-hydrogen) atoms. The first-order chi connectivity index (χ1) is 8.92. The summed E-state index contributed by atoms with van der Waals surface area (Å²) in [5.74, 6) is 0. The summed E-state index contributed by atoms with van der Waals surface area (Å²) >= 11 is 0. The number of hydrogen-bond acceptors (Lipinski definition) is 3. The zero-order valence-corrected chi connectivity index (χ0v) is 10.3. The zero-order chi connectivity index (χ0) is 14.3. The van der Waals surface area contributed by atoms with Gasteiger partial charge in [-0.3, -0.25) is 5.32 Å². The van der Waals surface area contributed by atoms with Gasteiger partial charge < -0.3 is 9.47 Å². The molecule has 0 fully saturated rings. The highest BCUT2D eigenvalue weighted by Gasteiger charge is 2.29. The molecule has 0 heterocycles. The fourth-order valence-electron chi connectivity index (χ4n) is 1.27. The van der Waals surface area contributed by atoms with Crippen molar-refractivity contribution in [3.63, 3.8) is 0 Å². The molecule has 0 unspecified atom stereocenters. The molecule has 1 aromatic carbocycles. The minimum atomic E-state index is -4.54. The Morgan fingerprint density at radius 2 is 2.00 bits per heavy atom. The number of para-hydroxylation sites is 1. The fourth-order valence-corrected chi connectivity index (χ4v) is 1.27. The maximum absolute atomic E-state index is 11.9. The van der Waals surface area contributed by atoms with E-state index in [0.717, 1.165) is 0 Å². The van der Waals surface area contributed by atoms with Crippen LogP contribution in [0, 0.1) is 0 Å². The maximum atomic E-state index is 11.9. The Morgan fingerprint density at radius 3 is 2.63 bits per heavy atom. The molecule has 0 saturated carbocycles. The predicted octanol–water partition coefficient (Wildman–Crippen LogP) is 3.33. The molecule has 0 bridgehead atoms. The second-order valence-electron chi connectivity index (χ2n) is 3.61. The third kappa shape index (κ3) is 6.10. The quantitative estimate of drug-likeness (QED) is 0.898. The highest BCUT2D eigenvalue weighted by atomic mass is 19.4.